The molecule has 0 aromatic rings. The molecule has 0 aromatic carbocycles. The lowest BCUT2D eigenvalue weighted by molar-refractivity contribution is -0.0850. The van der Waals surface area contributed by atoms with Gasteiger partial charge >= 0.3 is 0 Å². The minimum absolute atomic E-state index is 0.0302. The molecule has 5 nitrogen and oxygen atoms in total. The van der Waals surface area contributed by atoms with Crippen LogP contribution in [0.5, 0.6) is 0 Å². The Hall–Kier alpha value is -0.460. The summed E-state index contributed by atoms with van der Waals surface area (Å²) in [6.07, 6.45) is 0. The van der Waals surface area contributed by atoms with E-state index in [0.717, 1.165) is 57.4 Å². The summed E-state index contributed by atoms with van der Waals surface area (Å²) >= 11 is 1.99. The average Bonchev–Trinajstić information content (AvgIpc) is 2.38. The van der Waals surface area contributed by atoms with Gasteiger partial charge in [-0.05, 0) is 13.8 Å². The number of nitrogens with zero attached hydrogens (tertiary/aromatic N) is 3. The van der Waals surface area contributed by atoms with Gasteiger partial charge in [-0.15, -0.1) is 0 Å². The molecule has 2 aliphatic rings. The fourth-order valence-electron chi connectivity index (χ4n) is 2.50. The van der Waals surface area contributed by atoms with E-state index in [1.165, 1.54) is 0 Å². The van der Waals surface area contributed by atoms with Gasteiger partial charge in [0.2, 0.25) is 0 Å². The Balaban J connectivity index is 1.72. The topological polar surface area (TPSA) is 54.1 Å². The van der Waals surface area contributed by atoms with Gasteiger partial charge in [0.15, 0.2) is 5.96 Å². The Labute approximate surface area is 120 Å². The van der Waals surface area contributed by atoms with Crippen molar-refractivity contribution in [3.05, 3.63) is 0 Å². The van der Waals surface area contributed by atoms with Crippen LogP contribution in [0.15, 0.2) is 4.99 Å². The van der Waals surface area contributed by atoms with Crippen LogP contribution in [-0.4, -0.2) is 78.7 Å². The van der Waals surface area contributed by atoms with Crippen LogP contribution in [0.1, 0.15) is 13.8 Å². The predicted molar refractivity (Wildman–Crippen MR) is 81.9 cm³/mol. The first kappa shape index (κ1) is 14.9. The van der Waals surface area contributed by atoms with E-state index in [2.05, 4.69) is 28.6 Å². The molecule has 2 heterocycles. The molecule has 0 saturated carbocycles. The van der Waals surface area contributed by atoms with Crippen LogP contribution in [0.25, 0.3) is 0 Å². The zero-order chi connectivity index (χ0) is 13.7. The summed E-state index contributed by atoms with van der Waals surface area (Å²) < 4.78 is 5.71. The van der Waals surface area contributed by atoms with Crippen molar-refractivity contribution in [1.82, 2.24) is 9.80 Å². The Morgan fingerprint density at radius 2 is 2.05 bits per heavy atom. The molecule has 2 saturated heterocycles. The molecule has 110 valence electrons. The predicted octanol–water partition coefficient (Wildman–Crippen LogP) is 0.461. The molecule has 0 bridgehead atoms. The SMILES string of the molecule is CC1(C)CN(CCN=C(N)N2CCSCC2)CCO1. The number of nitrogens with two attached hydrogens (primary N) is 1. The molecular formula is C13H26N4OS. The van der Waals surface area contributed by atoms with Gasteiger partial charge < -0.3 is 15.4 Å². The summed E-state index contributed by atoms with van der Waals surface area (Å²) in [7, 11) is 0. The lowest BCUT2D eigenvalue weighted by Gasteiger charge is -2.38. The largest absolute Gasteiger partial charge is 0.373 e. The summed E-state index contributed by atoms with van der Waals surface area (Å²) in [5.41, 5.74) is 6.01. The number of aliphatic imine (C=N–C) groups is 1. The fourth-order valence-corrected chi connectivity index (χ4v) is 3.41. The second-order valence-corrected chi connectivity index (χ2v) is 6.95. The molecule has 6 heteroatoms. The number of morpholine rings is 1. The van der Waals surface area contributed by atoms with E-state index in [-0.39, 0.29) is 5.60 Å². The highest BCUT2D eigenvalue weighted by molar-refractivity contribution is 7.99. The van der Waals surface area contributed by atoms with Crippen molar-refractivity contribution in [3.8, 4) is 0 Å². The molecular weight excluding hydrogens is 260 g/mol. The van der Waals surface area contributed by atoms with Crippen LogP contribution in [0.4, 0.5) is 0 Å². The fraction of sp³-hybridized carbons (Fsp3) is 0.923. The van der Waals surface area contributed by atoms with Gasteiger partial charge in [0, 0.05) is 44.2 Å². The lowest BCUT2D eigenvalue weighted by atomic mass is 10.1. The second kappa shape index (κ2) is 6.81. The molecule has 2 aliphatic heterocycles. The summed E-state index contributed by atoms with van der Waals surface area (Å²) in [5.74, 6) is 3.04. The Kier molecular flexibility index (Phi) is 5.36. The van der Waals surface area contributed by atoms with Crippen molar-refractivity contribution in [2.45, 2.75) is 19.4 Å². The van der Waals surface area contributed by atoms with E-state index < -0.39 is 0 Å². The second-order valence-electron chi connectivity index (χ2n) is 5.72. The molecule has 0 aliphatic carbocycles. The van der Waals surface area contributed by atoms with Crippen LogP contribution in [0, 0.1) is 0 Å². The third-order valence-electron chi connectivity index (χ3n) is 3.53. The van der Waals surface area contributed by atoms with Gasteiger partial charge in [-0.25, -0.2) is 0 Å². The summed E-state index contributed by atoms with van der Waals surface area (Å²) in [6.45, 7) is 10.9. The average molecular weight is 286 g/mol. The number of rotatable bonds is 3. The summed E-state index contributed by atoms with van der Waals surface area (Å²) in [6, 6.07) is 0. The van der Waals surface area contributed by atoms with Crippen molar-refractivity contribution >= 4 is 17.7 Å². The molecule has 0 amide bonds. The highest BCUT2D eigenvalue weighted by Crippen LogP contribution is 2.15. The van der Waals surface area contributed by atoms with Crippen LogP contribution >= 0.6 is 11.8 Å². The Bertz CT molecular complexity index is 316. The Morgan fingerprint density at radius 1 is 1.32 bits per heavy atom. The van der Waals surface area contributed by atoms with Gasteiger partial charge in [-0.1, -0.05) is 0 Å². The molecule has 2 N–H and O–H groups in total. The molecule has 19 heavy (non-hydrogen) atoms. The van der Waals surface area contributed by atoms with E-state index >= 15 is 0 Å². The maximum Gasteiger partial charge on any atom is 0.191 e. The van der Waals surface area contributed by atoms with Gasteiger partial charge in [0.05, 0.1) is 18.8 Å². The molecule has 2 rings (SSSR count). The monoisotopic (exact) mass is 286 g/mol. The van der Waals surface area contributed by atoms with E-state index in [9.17, 15) is 0 Å². The van der Waals surface area contributed by atoms with Crippen molar-refractivity contribution in [2.75, 3.05) is 57.4 Å². The van der Waals surface area contributed by atoms with Crippen molar-refractivity contribution < 1.29 is 4.74 Å². The normalized spacial score (nSPS) is 25.6. The molecule has 2 fully saturated rings. The minimum Gasteiger partial charge on any atom is -0.373 e. The first-order chi connectivity index (χ1) is 9.07. The number of ether oxygens (including phenoxy) is 1. The minimum atomic E-state index is -0.0302. The highest BCUT2D eigenvalue weighted by Gasteiger charge is 2.26. The lowest BCUT2D eigenvalue weighted by Crippen LogP contribution is -2.49. The third kappa shape index (κ3) is 4.85. The number of thioether (sulfide) groups is 1. The Morgan fingerprint density at radius 3 is 2.74 bits per heavy atom. The van der Waals surface area contributed by atoms with E-state index in [0.29, 0.717) is 5.96 Å². The maximum atomic E-state index is 6.04. The first-order valence-electron chi connectivity index (χ1n) is 7.06. The number of guanidine groups is 1. The van der Waals surface area contributed by atoms with E-state index in [4.69, 9.17) is 10.5 Å². The van der Waals surface area contributed by atoms with Crippen LogP contribution in [0.2, 0.25) is 0 Å². The van der Waals surface area contributed by atoms with E-state index in [1.54, 1.807) is 0 Å². The van der Waals surface area contributed by atoms with Crippen LogP contribution < -0.4 is 5.73 Å². The van der Waals surface area contributed by atoms with Crippen LogP contribution in [0.3, 0.4) is 0 Å². The molecule has 0 spiro atoms. The van der Waals surface area contributed by atoms with Gasteiger partial charge in [-0.2, -0.15) is 11.8 Å². The van der Waals surface area contributed by atoms with Gasteiger partial charge in [0.25, 0.3) is 0 Å². The van der Waals surface area contributed by atoms with Crippen molar-refractivity contribution in [2.24, 2.45) is 10.7 Å². The first-order valence-corrected chi connectivity index (χ1v) is 8.21. The summed E-state index contributed by atoms with van der Waals surface area (Å²) in [5, 5.41) is 0. The van der Waals surface area contributed by atoms with Crippen molar-refractivity contribution in [1.29, 1.82) is 0 Å². The highest BCUT2D eigenvalue weighted by atomic mass is 32.2. The quantitative estimate of drug-likeness (QED) is 0.603. The number of hydrogen-bond acceptors (Lipinski definition) is 4. The van der Waals surface area contributed by atoms with E-state index in [1.807, 2.05) is 11.8 Å². The number of hydrogen-bond donors (Lipinski definition) is 1. The summed E-state index contributed by atoms with van der Waals surface area (Å²) in [4.78, 5) is 9.12. The molecule has 0 radical (unpaired) electrons. The van der Waals surface area contributed by atoms with Crippen LogP contribution in [-0.2, 0) is 4.74 Å². The van der Waals surface area contributed by atoms with Gasteiger partial charge in [-0.3, -0.25) is 9.89 Å². The zero-order valence-electron chi connectivity index (χ0n) is 12.1. The molecule has 0 atom stereocenters. The van der Waals surface area contributed by atoms with Crippen molar-refractivity contribution in [3.63, 3.8) is 0 Å². The zero-order valence-corrected chi connectivity index (χ0v) is 12.9. The smallest absolute Gasteiger partial charge is 0.191 e. The van der Waals surface area contributed by atoms with Gasteiger partial charge in [0.1, 0.15) is 0 Å². The molecule has 0 unspecified atom stereocenters. The standard InChI is InChI=1S/C13H26N4OS/c1-13(2)11-16(5-8-18-13)4-3-15-12(14)17-6-9-19-10-7-17/h3-11H2,1-2H3,(H2,14,15). The third-order valence-corrected chi connectivity index (χ3v) is 4.47. The maximum absolute atomic E-state index is 6.04. The molecule has 0 aromatic heterocycles.